The normalized spacial score (nSPS) is 11.8. The molecule has 0 aliphatic rings. The number of nitrogens with one attached hydrogen (secondary N) is 1. The highest BCUT2D eigenvalue weighted by atomic mass is 16.5. The lowest BCUT2D eigenvalue weighted by Gasteiger charge is -2.18. The van der Waals surface area contributed by atoms with Gasteiger partial charge in [-0.05, 0) is 53.9 Å². The zero-order chi connectivity index (χ0) is 19.1. The number of fused-ring (bicyclic) bond motifs is 1. The van der Waals surface area contributed by atoms with Crippen molar-refractivity contribution in [3.8, 4) is 11.5 Å². The third-order valence-corrected chi connectivity index (χ3v) is 4.32. The standard InChI is InChI=1S/C23H25NO3/c1-3-22(27-21-12-11-18-8-4-5-9-19(18)16-21)23(25)24-13-14-26-20-10-6-7-17(2)15-20/h4-12,15-16,22H,3,13-14H2,1-2H3,(H,24,25). The first-order valence-electron chi connectivity index (χ1n) is 9.28. The van der Waals surface area contributed by atoms with Crippen molar-refractivity contribution in [2.75, 3.05) is 13.2 Å². The average Bonchev–Trinajstić information content (AvgIpc) is 2.69. The number of carbonyl (C=O) groups is 1. The van der Waals surface area contributed by atoms with E-state index in [1.807, 2.05) is 74.5 Å². The highest BCUT2D eigenvalue weighted by molar-refractivity contribution is 5.84. The van der Waals surface area contributed by atoms with Gasteiger partial charge in [-0.15, -0.1) is 0 Å². The van der Waals surface area contributed by atoms with E-state index in [2.05, 4.69) is 11.4 Å². The van der Waals surface area contributed by atoms with Crippen LogP contribution in [0.4, 0.5) is 0 Å². The van der Waals surface area contributed by atoms with Gasteiger partial charge in [-0.3, -0.25) is 4.79 Å². The van der Waals surface area contributed by atoms with E-state index in [0.29, 0.717) is 25.3 Å². The summed E-state index contributed by atoms with van der Waals surface area (Å²) in [4.78, 5) is 12.4. The number of amides is 1. The lowest BCUT2D eigenvalue weighted by atomic mass is 10.1. The monoisotopic (exact) mass is 363 g/mol. The molecular weight excluding hydrogens is 338 g/mol. The topological polar surface area (TPSA) is 47.6 Å². The molecule has 0 saturated carbocycles. The van der Waals surface area contributed by atoms with Crippen LogP contribution in [-0.2, 0) is 4.79 Å². The smallest absolute Gasteiger partial charge is 0.261 e. The van der Waals surface area contributed by atoms with Gasteiger partial charge in [0.05, 0.1) is 6.54 Å². The number of benzene rings is 3. The number of hydrogen-bond acceptors (Lipinski definition) is 3. The first-order valence-corrected chi connectivity index (χ1v) is 9.28. The van der Waals surface area contributed by atoms with Gasteiger partial charge in [0.2, 0.25) is 0 Å². The molecule has 0 aliphatic heterocycles. The maximum atomic E-state index is 12.4. The first-order chi connectivity index (χ1) is 13.2. The minimum atomic E-state index is -0.523. The molecule has 0 radical (unpaired) electrons. The summed E-state index contributed by atoms with van der Waals surface area (Å²) in [5.74, 6) is 1.38. The van der Waals surface area contributed by atoms with Crippen molar-refractivity contribution in [3.63, 3.8) is 0 Å². The molecular formula is C23H25NO3. The highest BCUT2D eigenvalue weighted by Crippen LogP contribution is 2.22. The van der Waals surface area contributed by atoms with Crippen molar-refractivity contribution in [1.82, 2.24) is 5.32 Å². The summed E-state index contributed by atoms with van der Waals surface area (Å²) in [5, 5.41) is 5.13. The molecule has 3 aromatic carbocycles. The quantitative estimate of drug-likeness (QED) is 0.600. The van der Waals surface area contributed by atoms with Crippen LogP contribution in [0.5, 0.6) is 11.5 Å². The second-order valence-corrected chi connectivity index (χ2v) is 6.48. The van der Waals surface area contributed by atoms with Crippen LogP contribution >= 0.6 is 0 Å². The third-order valence-electron chi connectivity index (χ3n) is 4.32. The molecule has 1 N–H and O–H groups in total. The SMILES string of the molecule is CCC(Oc1ccc2ccccc2c1)C(=O)NCCOc1cccc(C)c1. The molecule has 0 aliphatic carbocycles. The van der Waals surface area contributed by atoms with Crippen molar-refractivity contribution >= 4 is 16.7 Å². The summed E-state index contributed by atoms with van der Waals surface area (Å²) in [5.41, 5.74) is 1.14. The van der Waals surface area contributed by atoms with Gasteiger partial charge in [-0.25, -0.2) is 0 Å². The second-order valence-electron chi connectivity index (χ2n) is 6.48. The molecule has 4 heteroatoms. The molecule has 4 nitrogen and oxygen atoms in total. The second kappa shape index (κ2) is 9.08. The fourth-order valence-corrected chi connectivity index (χ4v) is 2.89. The van der Waals surface area contributed by atoms with E-state index in [9.17, 15) is 4.79 Å². The number of ether oxygens (including phenoxy) is 2. The molecule has 27 heavy (non-hydrogen) atoms. The summed E-state index contributed by atoms with van der Waals surface area (Å²) in [7, 11) is 0. The van der Waals surface area contributed by atoms with E-state index in [-0.39, 0.29) is 5.91 Å². The fourth-order valence-electron chi connectivity index (χ4n) is 2.89. The van der Waals surface area contributed by atoms with Crippen LogP contribution in [0.25, 0.3) is 10.8 Å². The minimum Gasteiger partial charge on any atom is -0.492 e. The van der Waals surface area contributed by atoms with Crippen LogP contribution in [0.1, 0.15) is 18.9 Å². The molecule has 1 atom stereocenters. The number of aryl methyl sites for hydroxylation is 1. The molecule has 140 valence electrons. The fraction of sp³-hybridized carbons (Fsp3) is 0.261. The molecule has 1 amide bonds. The number of rotatable bonds is 8. The van der Waals surface area contributed by atoms with Crippen molar-refractivity contribution in [1.29, 1.82) is 0 Å². The van der Waals surface area contributed by atoms with Crippen molar-refractivity contribution < 1.29 is 14.3 Å². The van der Waals surface area contributed by atoms with E-state index >= 15 is 0 Å². The Labute approximate surface area is 160 Å². The summed E-state index contributed by atoms with van der Waals surface area (Å²) >= 11 is 0. The van der Waals surface area contributed by atoms with Crippen molar-refractivity contribution in [2.24, 2.45) is 0 Å². The highest BCUT2D eigenvalue weighted by Gasteiger charge is 2.18. The Kier molecular flexibility index (Phi) is 6.31. The van der Waals surface area contributed by atoms with Crippen molar-refractivity contribution in [3.05, 3.63) is 72.3 Å². The molecule has 0 spiro atoms. The molecule has 0 bridgehead atoms. The molecule has 3 aromatic rings. The van der Waals surface area contributed by atoms with Gasteiger partial charge in [0.15, 0.2) is 6.10 Å². The van der Waals surface area contributed by atoms with E-state index in [1.165, 1.54) is 0 Å². The van der Waals surface area contributed by atoms with Gasteiger partial charge in [0.25, 0.3) is 5.91 Å². The van der Waals surface area contributed by atoms with E-state index in [4.69, 9.17) is 9.47 Å². The van der Waals surface area contributed by atoms with Crippen LogP contribution in [-0.4, -0.2) is 25.2 Å². The molecule has 0 aromatic heterocycles. The molecule has 1 unspecified atom stereocenters. The Morgan fingerprint density at radius 1 is 0.963 bits per heavy atom. The van der Waals surface area contributed by atoms with Crippen LogP contribution in [0.3, 0.4) is 0 Å². The number of hydrogen-bond donors (Lipinski definition) is 1. The van der Waals surface area contributed by atoms with Gasteiger partial charge < -0.3 is 14.8 Å². The Hall–Kier alpha value is -3.01. The van der Waals surface area contributed by atoms with E-state index < -0.39 is 6.10 Å². The van der Waals surface area contributed by atoms with Crippen LogP contribution in [0.15, 0.2) is 66.7 Å². The Balaban J connectivity index is 1.50. The van der Waals surface area contributed by atoms with E-state index in [0.717, 1.165) is 22.1 Å². The predicted molar refractivity (Wildman–Crippen MR) is 108 cm³/mol. The van der Waals surface area contributed by atoms with Crippen LogP contribution < -0.4 is 14.8 Å². The van der Waals surface area contributed by atoms with Crippen LogP contribution in [0.2, 0.25) is 0 Å². The van der Waals surface area contributed by atoms with Gasteiger partial charge in [0, 0.05) is 0 Å². The molecule has 0 saturated heterocycles. The molecule has 0 heterocycles. The number of carbonyl (C=O) groups excluding carboxylic acids is 1. The minimum absolute atomic E-state index is 0.126. The zero-order valence-electron chi connectivity index (χ0n) is 15.8. The molecule has 3 rings (SSSR count). The largest absolute Gasteiger partial charge is 0.492 e. The van der Waals surface area contributed by atoms with Crippen molar-refractivity contribution in [2.45, 2.75) is 26.4 Å². The summed E-state index contributed by atoms with van der Waals surface area (Å²) in [6, 6.07) is 21.8. The van der Waals surface area contributed by atoms with Gasteiger partial charge in [-0.2, -0.15) is 0 Å². The van der Waals surface area contributed by atoms with Gasteiger partial charge in [0.1, 0.15) is 18.1 Å². The van der Waals surface area contributed by atoms with Gasteiger partial charge in [-0.1, -0.05) is 49.4 Å². The summed E-state index contributed by atoms with van der Waals surface area (Å²) < 4.78 is 11.6. The third kappa shape index (κ3) is 5.23. The average molecular weight is 363 g/mol. The maximum absolute atomic E-state index is 12.4. The summed E-state index contributed by atoms with van der Waals surface area (Å²) in [6.07, 6.45) is 0.0716. The Bertz CT molecular complexity index is 907. The molecule has 0 fully saturated rings. The first kappa shape index (κ1) is 18.8. The predicted octanol–water partition coefficient (Wildman–Crippen LogP) is 4.50. The van der Waals surface area contributed by atoms with E-state index in [1.54, 1.807) is 0 Å². The van der Waals surface area contributed by atoms with Crippen LogP contribution in [0, 0.1) is 6.92 Å². The Morgan fingerprint density at radius 2 is 1.78 bits per heavy atom. The zero-order valence-corrected chi connectivity index (χ0v) is 15.8. The lowest BCUT2D eigenvalue weighted by Crippen LogP contribution is -2.39. The lowest BCUT2D eigenvalue weighted by molar-refractivity contribution is -0.128. The summed E-state index contributed by atoms with van der Waals surface area (Å²) in [6.45, 7) is 4.81. The van der Waals surface area contributed by atoms with Gasteiger partial charge >= 0.3 is 0 Å². The Morgan fingerprint density at radius 3 is 2.56 bits per heavy atom. The maximum Gasteiger partial charge on any atom is 0.261 e.